The number of fused-ring (bicyclic) bond motifs is 6. The zero-order valence-corrected chi connectivity index (χ0v) is 32.0. The zero-order valence-electron chi connectivity index (χ0n) is 32.0. The summed E-state index contributed by atoms with van der Waals surface area (Å²) in [5.41, 5.74) is 2.11. The topological polar surface area (TPSA) is 30.0 Å². The molecule has 2 fully saturated rings. The fourth-order valence-electron chi connectivity index (χ4n) is 11.5. The molecule has 300 valence electrons. The molecule has 4 atom stereocenters. The van der Waals surface area contributed by atoms with Crippen LogP contribution in [0.4, 0.5) is 42.5 Å². The van der Waals surface area contributed by atoms with Crippen LogP contribution >= 0.6 is 0 Å². The Hall–Kier alpha value is -5.19. The Morgan fingerprint density at radius 2 is 0.948 bits per heavy atom. The maximum atomic E-state index is 16.1. The number of alkyl halides is 6. The van der Waals surface area contributed by atoms with Gasteiger partial charge in [-0.2, -0.15) is 26.3 Å². The highest BCUT2D eigenvalue weighted by molar-refractivity contribution is 5.87. The second kappa shape index (κ2) is 13.4. The molecule has 2 saturated heterocycles. The van der Waals surface area contributed by atoms with Gasteiger partial charge in [0.1, 0.15) is 11.3 Å². The quantitative estimate of drug-likeness (QED) is 0.193. The number of carbonyl (C=O) groups excluding carboxylic acids is 1. The largest absolute Gasteiger partial charge is 0.416 e. The molecular formula is C47H44F6N4O. The monoisotopic (exact) mass is 794 g/mol. The average molecular weight is 795 g/mol. The first-order valence-corrected chi connectivity index (χ1v) is 20.5. The number of aryl methyl sites for hydroxylation is 2. The highest BCUT2D eigenvalue weighted by Gasteiger charge is 2.62. The normalized spacial score (nSPS) is 26.6. The van der Waals surface area contributed by atoms with Crippen LogP contribution in [0.15, 0.2) is 109 Å². The van der Waals surface area contributed by atoms with Crippen LogP contribution in [0, 0.1) is 0 Å². The molecule has 4 aromatic rings. The highest BCUT2D eigenvalue weighted by atomic mass is 19.4. The van der Waals surface area contributed by atoms with Gasteiger partial charge in [-0.15, -0.1) is 0 Å². The molecule has 0 saturated carbocycles. The number of urea groups is 1. The van der Waals surface area contributed by atoms with Gasteiger partial charge in [0.2, 0.25) is 0 Å². The first kappa shape index (κ1) is 37.1. The molecule has 2 amide bonds. The Kier molecular flexibility index (Phi) is 8.59. The van der Waals surface area contributed by atoms with E-state index in [1.54, 1.807) is 24.3 Å². The molecule has 6 aliphatic rings. The van der Waals surface area contributed by atoms with Crippen molar-refractivity contribution >= 4 is 28.6 Å². The smallest absolute Gasteiger partial charge is 0.345 e. The Bertz CT molecular complexity index is 2190. The minimum absolute atomic E-state index is 0.138. The number of amides is 2. The van der Waals surface area contributed by atoms with Gasteiger partial charge in [0.05, 0.1) is 11.1 Å². The van der Waals surface area contributed by atoms with Crippen molar-refractivity contribution in [1.29, 1.82) is 0 Å². The third kappa shape index (κ3) is 5.69. The van der Waals surface area contributed by atoms with E-state index in [-0.39, 0.29) is 30.0 Å². The Balaban J connectivity index is 1.16. The lowest BCUT2D eigenvalue weighted by atomic mass is 9.86. The summed E-state index contributed by atoms with van der Waals surface area (Å²) in [4.78, 5) is 24.6. The maximum Gasteiger partial charge on any atom is 0.416 e. The number of anilines is 2. The van der Waals surface area contributed by atoms with Crippen molar-refractivity contribution in [3.05, 3.63) is 143 Å². The van der Waals surface area contributed by atoms with Crippen LogP contribution in [0.3, 0.4) is 0 Å². The minimum atomic E-state index is -4.56. The van der Waals surface area contributed by atoms with Gasteiger partial charge in [0.15, 0.2) is 0 Å². The van der Waals surface area contributed by atoms with Gasteiger partial charge < -0.3 is 9.80 Å². The predicted molar refractivity (Wildman–Crippen MR) is 213 cm³/mol. The van der Waals surface area contributed by atoms with Gasteiger partial charge in [-0.05, 0) is 134 Å². The standard InChI is InChI=1S/C47H44F6N4O/c48-46(49,50)39-17-5-3-15-37(39)33-27-35-21-23-44(29-33,54-25-9-13-31-11-1-7-19-41(31)54)56(35)43(58)57-36-22-24-45(57,55-26-10-14-32-12-2-8-20-42(32)55)30-34(28-36)38-16-4-6-18-40(38)47(51,52)53/h1-8,11-12,15-20,29-30,35-36H,9-10,13-14,21-28H2. The summed E-state index contributed by atoms with van der Waals surface area (Å²) in [6, 6.07) is 26.6. The van der Waals surface area contributed by atoms with Crippen LogP contribution in [0.2, 0.25) is 0 Å². The van der Waals surface area contributed by atoms with Gasteiger partial charge in [0, 0.05) is 36.5 Å². The van der Waals surface area contributed by atoms with E-state index >= 15 is 4.79 Å². The van der Waals surface area contributed by atoms with Crippen molar-refractivity contribution < 1.29 is 31.1 Å². The third-order valence-electron chi connectivity index (χ3n) is 13.7. The van der Waals surface area contributed by atoms with Gasteiger partial charge in [-0.1, -0.05) is 72.8 Å². The summed E-state index contributed by atoms with van der Waals surface area (Å²) in [7, 11) is 0. The first-order chi connectivity index (χ1) is 27.9. The predicted octanol–water partition coefficient (Wildman–Crippen LogP) is 11.3. The summed E-state index contributed by atoms with van der Waals surface area (Å²) >= 11 is 0. The van der Waals surface area contributed by atoms with E-state index in [9.17, 15) is 26.3 Å². The van der Waals surface area contributed by atoms with Gasteiger partial charge >= 0.3 is 18.4 Å². The van der Waals surface area contributed by atoms with Crippen LogP contribution in [-0.2, 0) is 25.2 Å². The summed E-state index contributed by atoms with van der Waals surface area (Å²) < 4.78 is 87.5. The number of rotatable bonds is 4. The van der Waals surface area contributed by atoms with Crippen molar-refractivity contribution in [2.75, 3.05) is 22.9 Å². The molecule has 5 nitrogen and oxygen atoms in total. The Labute approximate surface area is 334 Å². The Morgan fingerprint density at radius 3 is 1.38 bits per heavy atom. The van der Waals surface area contributed by atoms with E-state index in [4.69, 9.17) is 0 Å². The lowest BCUT2D eigenvalue weighted by Gasteiger charge is -2.57. The van der Waals surface area contributed by atoms with Crippen molar-refractivity contribution in [2.24, 2.45) is 0 Å². The SMILES string of the molecule is O=C(N1C2CCC1(N1CCCc3ccccc31)C=C(c1ccccc1C(F)(F)F)C2)N1C2CCC1(N1CCCc3ccccc31)C=C(c1ccccc1C(F)(F)F)C2. The highest BCUT2D eigenvalue weighted by Crippen LogP contribution is 2.56. The second-order valence-electron chi connectivity index (χ2n) is 16.8. The van der Waals surface area contributed by atoms with Crippen LogP contribution in [0.25, 0.3) is 11.1 Å². The number of carbonyl (C=O) groups is 1. The van der Waals surface area contributed by atoms with E-state index in [1.165, 1.54) is 12.1 Å². The molecule has 4 aromatic carbocycles. The van der Waals surface area contributed by atoms with Crippen LogP contribution in [0.1, 0.15) is 84.7 Å². The summed E-state index contributed by atoms with van der Waals surface area (Å²) in [6.45, 7) is 1.23. The van der Waals surface area contributed by atoms with Gasteiger partial charge in [-0.3, -0.25) is 9.80 Å². The average Bonchev–Trinajstić information content (AvgIpc) is 3.61. The van der Waals surface area contributed by atoms with E-state index in [0.717, 1.165) is 60.3 Å². The van der Waals surface area contributed by atoms with E-state index < -0.39 is 46.9 Å². The number of benzene rings is 4. The fourth-order valence-corrected chi connectivity index (χ4v) is 11.5. The summed E-state index contributed by atoms with van der Waals surface area (Å²) in [5, 5.41) is 0. The maximum absolute atomic E-state index is 16.1. The molecule has 10 rings (SSSR count). The molecule has 4 unspecified atom stereocenters. The van der Waals surface area contributed by atoms with Crippen molar-refractivity contribution in [3.8, 4) is 0 Å². The summed E-state index contributed by atoms with van der Waals surface area (Å²) in [5.74, 6) is 0. The molecule has 0 N–H and O–H groups in total. The Morgan fingerprint density at radius 1 is 0.552 bits per heavy atom. The van der Waals surface area contributed by atoms with Crippen LogP contribution in [0.5, 0.6) is 0 Å². The molecule has 58 heavy (non-hydrogen) atoms. The number of halogens is 6. The molecule has 6 heterocycles. The molecule has 0 radical (unpaired) electrons. The molecule has 6 aliphatic heterocycles. The van der Waals surface area contributed by atoms with E-state index in [0.29, 0.717) is 49.9 Å². The van der Waals surface area contributed by atoms with Crippen LogP contribution in [-0.4, -0.2) is 52.3 Å². The lowest BCUT2D eigenvalue weighted by molar-refractivity contribution is -0.138. The zero-order chi connectivity index (χ0) is 40.0. The third-order valence-corrected chi connectivity index (χ3v) is 13.7. The number of hydrogen-bond donors (Lipinski definition) is 0. The van der Waals surface area contributed by atoms with Gasteiger partial charge in [-0.25, -0.2) is 4.79 Å². The van der Waals surface area contributed by atoms with Gasteiger partial charge in [0.25, 0.3) is 0 Å². The molecule has 0 aromatic heterocycles. The first-order valence-electron chi connectivity index (χ1n) is 20.5. The molecular weight excluding hydrogens is 751 g/mol. The van der Waals surface area contributed by atoms with Crippen molar-refractivity contribution in [3.63, 3.8) is 0 Å². The van der Waals surface area contributed by atoms with Crippen molar-refractivity contribution in [1.82, 2.24) is 9.80 Å². The molecule has 0 spiro atoms. The second-order valence-corrected chi connectivity index (χ2v) is 16.8. The molecule has 4 bridgehead atoms. The molecule has 0 aliphatic carbocycles. The number of nitrogens with zero attached hydrogens (tertiary/aromatic N) is 4. The van der Waals surface area contributed by atoms with Crippen LogP contribution < -0.4 is 9.80 Å². The van der Waals surface area contributed by atoms with Crippen molar-refractivity contribution in [2.45, 2.75) is 100.0 Å². The number of hydrogen-bond acceptors (Lipinski definition) is 3. The lowest BCUT2D eigenvalue weighted by Crippen LogP contribution is -2.70. The van der Waals surface area contributed by atoms with E-state index in [1.807, 2.05) is 46.2 Å². The summed E-state index contributed by atoms with van der Waals surface area (Å²) in [6.07, 6.45) is 0.904. The fraction of sp³-hybridized carbons (Fsp3) is 0.383. The number of para-hydroxylation sites is 2. The minimum Gasteiger partial charge on any atom is -0.345 e. The van der Waals surface area contributed by atoms with E-state index in [2.05, 4.69) is 34.1 Å². The molecule has 11 heteroatoms.